The summed E-state index contributed by atoms with van der Waals surface area (Å²) in [7, 11) is 0. The average molecular weight is 435 g/mol. The van der Waals surface area contributed by atoms with Crippen molar-refractivity contribution < 1.29 is 9.18 Å². The van der Waals surface area contributed by atoms with Crippen LogP contribution in [0.2, 0.25) is 0 Å². The third-order valence-electron chi connectivity index (χ3n) is 4.52. The number of fused-ring (bicyclic) bond motifs is 1. The topological polar surface area (TPSA) is 59.3 Å². The summed E-state index contributed by atoms with van der Waals surface area (Å²) in [5.41, 5.74) is 3.97. The number of hydrogen-bond acceptors (Lipinski definition) is 5. The first-order chi connectivity index (χ1) is 14.6. The SMILES string of the molecule is O=C(Cc1csc(-c2cccc(F)c2)n1)Nc1ccc(-c2cn3ccsc3n2)cc1. The third-order valence-corrected chi connectivity index (χ3v) is 6.23. The second kappa shape index (κ2) is 7.81. The summed E-state index contributed by atoms with van der Waals surface area (Å²) in [6.07, 6.45) is 4.12. The van der Waals surface area contributed by atoms with Crippen LogP contribution in [0.1, 0.15) is 5.69 Å². The fraction of sp³-hybridized carbons (Fsp3) is 0.0455. The van der Waals surface area contributed by atoms with Crippen molar-refractivity contribution in [3.8, 4) is 21.8 Å². The molecule has 0 aliphatic carbocycles. The van der Waals surface area contributed by atoms with E-state index in [2.05, 4.69) is 15.3 Å². The Bertz CT molecular complexity index is 1310. The second-order valence-electron chi connectivity index (χ2n) is 6.68. The van der Waals surface area contributed by atoms with Gasteiger partial charge in [0.15, 0.2) is 4.96 Å². The number of carbonyl (C=O) groups is 1. The summed E-state index contributed by atoms with van der Waals surface area (Å²) in [5, 5.41) is 7.41. The van der Waals surface area contributed by atoms with E-state index >= 15 is 0 Å². The molecule has 0 bridgehead atoms. The number of carbonyl (C=O) groups excluding carboxylic acids is 1. The van der Waals surface area contributed by atoms with E-state index in [1.165, 1.54) is 23.5 Å². The number of imidazole rings is 1. The number of rotatable bonds is 5. The Hall–Kier alpha value is -3.36. The molecule has 5 nitrogen and oxygen atoms in total. The van der Waals surface area contributed by atoms with Gasteiger partial charge in [-0.05, 0) is 24.3 Å². The van der Waals surface area contributed by atoms with Crippen LogP contribution < -0.4 is 5.32 Å². The summed E-state index contributed by atoms with van der Waals surface area (Å²) >= 11 is 2.98. The maximum absolute atomic E-state index is 13.4. The van der Waals surface area contributed by atoms with Gasteiger partial charge in [0.25, 0.3) is 0 Å². The van der Waals surface area contributed by atoms with Gasteiger partial charge in [0, 0.05) is 40.0 Å². The number of benzene rings is 2. The molecule has 8 heteroatoms. The molecule has 5 rings (SSSR count). The van der Waals surface area contributed by atoms with Crippen LogP contribution in [0.5, 0.6) is 0 Å². The highest BCUT2D eigenvalue weighted by atomic mass is 32.1. The molecule has 0 unspecified atom stereocenters. The summed E-state index contributed by atoms with van der Waals surface area (Å²) in [4.78, 5) is 22.4. The van der Waals surface area contributed by atoms with Crippen molar-refractivity contribution in [3.05, 3.63) is 83.2 Å². The Morgan fingerprint density at radius 1 is 1.07 bits per heavy atom. The molecular formula is C22H15FN4OS2. The average Bonchev–Trinajstić information content (AvgIpc) is 3.45. The molecule has 0 aliphatic heterocycles. The predicted octanol–water partition coefficient (Wildman–Crippen LogP) is 5.51. The van der Waals surface area contributed by atoms with Gasteiger partial charge in [-0.2, -0.15) is 0 Å². The molecule has 0 aliphatic rings. The number of nitrogens with one attached hydrogen (secondary N) is 1. The van der Waals surface area contributed by atoms with Crippen molar-refractivity contribution >= 4 is 39.2 Å². The molecule has 5 aromatic rings. The van der Waals surface area contributed by atoms with Crippen molar-refractivity contribution in [2.24, 2.45) is 0 Å². The summed E-state index contributed by atoms with van der Waals surface area (Å²) in [6.45, 7) is 0. The summed E-state index contributed by atoms with van der Waals surface area (Å²) in [5.74, 6) is -0.456. The van der Waals surface area contributed by atoms with Gasteiger partial charge in [0.2, 0.25) is 5.91 Å². The van der Waals surface area contributed by atoms with Crippen LogP contribution in [0.15, 0.2) is 71.7 Å². The summed E-state index contributed by atoms with van der Waals surface area (Å²) < 4.78 is 15.4. The number of nitrogens with zero attached hydrogens (tertiary/aromatic N) is 3. The molecule has 1 amide bonds. The fourth-order valence-electron chi connectivity index (χ4n) is 3.10. The van der Waals surface area contributed by atoms with E-state index in [9.17, 15) is 9.18 Å². The van der Waals surface area contributed by atoms with Crippen LogP contribution in [0.3, 0.4) is 0 Å². The molecule has 0 fully saturated rings. The molecule has 148 valence electrons. The minimum Gasteiger partial charge on any atom is -0.326 e. The van der Waals surface area contributed by atoms with Gasteiger partial charge in [0.05, 0.1) is 17.8 Å². The number of thiazole rings is 2. The van der Waals surface area contributed by atoms with E-state index in [0.717, 1.165) is 16.2 Å². The van der Waals surface area contributed by atoms with Crippen molar-refractivity contribution in [3.63, 3.8) is 0 Å². The maximum Gasteiger partial charge on any atom is 0.230 e. The predicted molar refractivity (Wildman–Crippen MR) is 118 cm³/mol. The Balaban J connectivity index is 1.24. The Kier molecular flexibility index (Phi) is 4.86. The minimum absolute atomic E-state index is 0.152. The van der Waals surface area contributed by atoms with E-state index in [1.807, 2.05) is 51.8 Å². The fourth-order valence-corrected chi connectivity index (χ4v) is 4.62. The van der Waals surface area contributed by atoms with Crippen LogP contribution in [0, 0.1) is 5.82 Å². The molecule has 0 saturated heterocycles. The maximum atomic E-state index is 13.4. The van der Waals surface area contributed by atoms with E-state index in [1.54, 1.807) is 23.5 Å². The van der Waals surface area contributed by atoms with E-state index in [0.29, 0.717) is 22.0 Å². The Labute approximate surface area is 179 Å². The first-order valence-electron chi connectivity index (χ1n) is 9.17. The van der Waals surface area contributed by atoms with Crippen molar-refractivity contribution in [1.82, 2.24) is 14.4 Å². The number of amides is 1. The quantitative estimate of drug-likeness (QED) is 0.397. The van der Waals surface area contributed by atoms with Gasteiger partial charge in [-0.15, -0.1) is 22.7 Å². The zero-order valence-corrected chi connectivity index (χ0v) is 17.2. The number of halogens is 1. The van der Waals surface area contributed by atoms with Crippen molar-refractivity contribution in [1.29, 1.82) is 0 Å². The molecule has 0 atom stereocenters. The molecule has 30 heavy (non-hydrogen) atoms. The van der Waals surface area contributed by atoms with Gasteiger partial charge in [-0.3, -0.25) is 9.20 Å². The van der Waals surface area contributed by atoms with Crippen molar-refractivity contribution in [2.45, 2.75) is 6.42 Å². The molecule has 3 heterocycles. The van der Waals surface area contributed by atoms with E-state index in [4.69, 9.17) is 0 Å². The standard InChI is InChI=1S/C22H15FN4OS2/c23-16-3-1-2-15(10-16)21-25-18(13-30-21)11-20(28)24-17-6-4-14(5-7-17)19-12-27-8-9-29-22(27)26-19/h1-10,12-13H,11H2,(H,24,28). The largest absolute Gasteiger partial charge is 0.326 e. The lowest BCUT2D eigenvalue weighted by molar-refractivity contribution is -0.115. The van der Waals surface area contributed by atoms with Crippen molar-refractivity contribution in [2.75, 3.05) is 5.32 Å². The highest BCUT2D eigenvalue weighted by molar-refractivity contribution is 7.15. The highest BCUT2D eigenvalue weighted by Crippen LogP contribution is 2.25. The van der Waals surface area contributed by atoms with Gasteiger partial charge in [0.1, 0.15) is 10.8 Å². The monoisotopic (exact) mass is 434 g/mol. The molecule has 2 aromatic carbocycles. The number of anilines is 1. The highest BCUT2D eigenvalue weighted by Gasteiger charge is 2.11. The molecule has 0 spiro atoms. The van der Waals surface area contributed by atoms with Gasteiger partial charge >= 0.3 is 0 Å². The zero-order chi connectivity index (χ0) is 20.5. The van der Waals surface area contributed by atoms with Gasteiger partial charge in [-0.1, -0.05) is 24.3 Å². The lowest BCUT2D eigenvalue weighted by Crippen LogP contribution is -2.14. The second-order valence-corrected chi connectivity index (χ2v) is 8.41. The molecule has 1 N–H and O–H groups in total. The van der Waals surface area contributed by atoms with E-state index in [-0.39, 0.29) is 18.1 Å². The summed E-state index contributed by atoms with van der Waals surface area (Å²) in [6, 6.07) is 13.9. The first kappa shape index (κ1) is 18.7. The van der Waals surface area contributed by atoms with Gasteiger partial charge in [-0.25, -0.2) is 14.4 Å². The van der Waals surface area contributed by atoms with Gasteiger partial charge < -0.3 is 5.32 Å². The smallest absolute Gasteiger partial charge is 0.230 e. The molecular weight excluding hydrogens is 419 g/mol. The zero-order valence-electron chi connectivity index (χ0n) is 15.6. The lowest BCUT2D eigenvalue weighted by Gasteiger charge is -2.05. The lowest BCUT2D eigenvalue weighted by atomic mass is 10.1. The van der Waals surface area contributed by atoms with Crippen LogP contribution in [-0.4, -0.2) is 20.3 Å². The Morgan fingerprint density at radius 2 is 1.93 bits per heavy atom. The van der Waals surface area contributed by atoms with Crippen LogP contribution in [0.25, 0.3) is 26.8 Å². The van der Waals surface area contributed by atoms with E-state index < -0.39 is 0 Å². The molecule has 0 saturated carbocycles. The number of hydrogen-bond donors (Lipinski definition) is 1. The molecule has 0 radical (unpaired) electrons. The molecule has 3 aromatic heterocycles. The van der Waals surface area contributed by atoms with Crippen LogP contribution in [0.4, 0.5) is 10.1 Å². The first-order valence-corrected chi connectivity index (χ1v) is 10.9. The number of aromatic nitrogens is 3. The normalized spacial score (nSPS) is 11.1. The third kappa shape index (κ3) is 3.87. The Morgan fingerprint density at radius 3 is 2.73 bits per heavy atom. The van der Waals surface area contributed by atoms with Crippen LogP contribution in [-0.2, 0) is 11.2 Å². The minimum atomic E-state index is -0.305. The van der Waals surface area contributed by atoms with Crippen LogP contribution >= 0.6 is 22.7 Å².